The first kappa shape index (κ1) is 6.54. The van der Waals surface area contributed by atoms with E-state index < -0.39 is 0 Å². The first-order valence-corrected chi connectivity index (χ1v) is 3.98. The molecule has 1 aromatic carbocycles. The van der Waals surface area contributed by atoms with Crippen molar-refractivity contribution in [2.24, 2.45) is 0 Å². The van der Waals surface area contributed by atoms with Gasteiger partial charge >= 0.3 is 0 Å². The molecule has 0 spiro atoms. The molecule has 4 heteroatoms. The first-order chi connectivity index (χ1) is 6.45. The molecular weight excluding hydrogens is 164 g/mol. The maximum atomic E-state index is 4.33. The van der Waals surface area contributed by atoms with Crippen LogP contribution < -0.4 is 0 Å². The Hall–Kier alpha value is -1.97. The number of hydrogen-bond acceptors (Lipinski definition) is 3. The van der Waals surface area contributed by atoms with Gasteiger partial charge in [-0.25, -0.2) is 15.0 Å². The summed E-state index contributed by atoms with van der Waals surface area (Å²) >= 11 is 0. The van der Waals surface area contributed by atoms with Crippen LogP contribution in [-0.4, -0.2) is 19.4 Å². The van der Waals surface area contributed by atoms with Crippen LogP contribution in [-0.2, 0) is 0 Å². The third kappa shape index (κ3) is 0.823. The van der Waals surface area contributed by atoms with Gasteiger partial charge in [0.1, 0.15) is 12.7 Å². The van der Waals surface area contributed by atoms with Crippen LogP contribution in [0.2, 0.25) is 0 Å². The van der Waals surface area contributed by atoms with E-state index in [0.29, 0.717) is 5.78 Å². The first-order valence-electron chi connectivity index (χ1n) is 3.98. The van der Waals surface area contributed by atoms with Crippen LogP contribution in [0, 0.1) is 0 Å². The molecule has 4 nitrogen and oxygen atoms in total. The van der Waals surface area contributed by atoms with Gasteiger partial charge in [-0.2, -0.15) is 0 Å². The van der Waals surface area contributed by atoms with Gasteiger partial charge in [-0.3, -0.25) is 4.40 Å². The maximum Gasteiger partial charge on any atom is 0.237 e. The van der Waals surface area contributed by atoms with E-state index in [1.54, 1.807) is 6.33 Å². The largest absolute Gasteiger partial charge is 0.267 e. The van der Waals surface area contributed by atoms with Gasteiger partial charge < -0.3 is 0 Å². The van der Waals surface area contributed by atoms with Gasteiger partial charge in [0.25, 0.3) is 0 Å². The van der Waals surface area contributed by atoms with Gasteiger partial charge in [0, 0.05) is 0 Å². The fraction of sp³-hybridized carbons (Fsp3) is 0. The van der Waals surface area contributed by atoms with Crippen molar-refractivity contribution in [3.63, 3.8) is 0 Å². The van der Waals surface area contributed by atoms with Crippen molar-refractivity contribution >= 4 is 16.8 Å². The zero-order valence-corrected chi connectivity index (χ0v) is 6.75. The Labute approximate surface area is 73.9 Å². The molecule has 0 saturated heterocycles. The summed E-state index contributed by atoms with van der Waals surface area (Å²) in [4.78, 5) is 12.3. The summed E-state index contributed by atoms with van der Waals surface area (Å²) in [5, 5.41) is 0. The number of nitrogens with zero attached hydrogens (tertiary/aromatic N) is 4. The smallest absolute Gasteiger partial charge is 0.237 e. The number of aromatic nitrogens is 4. The highest BCUT2D eigenvalue weighted by Crippen LogP contribution is 2.12. The molecular formula is C9H6N4. The van der Waals surface area contributed by atoms with E-state index in [9.17, 15) is 0 Å². The molecule has 0 unspecified atom stereocenters. The van der Waals surface area contributed by atoms with Crippen molar-refractivity contribution < 1.29 is 0 Å². The summed E-state index contributed by atoms with van der Waals surface area (Å²) < 4.78 is 1.87. The Morgan fingerprint density at radius 1 is 1.15 bits per heavy atom. The van der Waals surface area contributed by atoms with E-state index in [1.807, 2.05) is 28.7 Å². The summed E-state index contributed by atoms with van der Waals surface area (Å²) in [6.45, 7) is 0. The second-order valence-corrected chi connectivity index (χ2v) is 2.78. The molecule has 0 radical (unpaired) electrons. The van der Waals surface area contributed by atoms with Crippen molar-refractivity contribution in [3.05, 3.63) is 36.9 Å². The van der Waals surface area contributed by atoms with E-state index in [4.69, 9.17) is 0 Å². The summed E-state index contributed by atoms with van der Waals surface area (Å²) in [6.07, 6.45) is 3.22. The van der Waals surface area contributed by atoms with Crippen LogP contribution in [0.3, 0.4) is 0 Å². The Morgan fingerprint density at radius 3 is 3.08 bits per heavy atom. The van der Waals surface area contributed by atoms with Gasteiger partial charge in [0.15, 0.2) is 0 Å². The van der Waals surface area contributed by atoms with Crippen molar-refractivity contribution in [2.75, 3.05) is 0 Å². The van der Waals surface area contributed by atoms with Crippen LogP contribution in [0.4, 0.5) is 0 Å². The van der Waals surface area contributed by atoms with Crippen LogP contribution in [0.15, 0.2) is 36.9 Å². The summed E-state index contributed by atoms with van der Waals surface area (Å²) in [5.74, 6) is 0.691. The molecule has 0 N–H and O–H groups in total. The molecule has 0 aliphatic heterocycles. The zero-order chi connectivity index (χ0) is 8.67. The fourth-order valence-corrected chi connectivity index (χ4v) is 1.42. The average molecular weight is 170 g/mol. The Bertz CT molecular complexity index is 519. The molecule has 2 heterocycles. The van der Waals surface area contributed by atoms with Gasteiger partial charge in [-0.05, 0) is 12.1 Å². The number of benzene rings is 1. The van der Waals surface area contributed by atoms with Crippen LogP contribution >= 0.6 is 0 Å². The molecule has 0 aliphatic carbocycles. The van der Waals surface area contributed by atoms with Crippen molar-refractivity contribution in [1.29, 1.82) is 0 Å². The Balaban J connectivity index is 2.64. The van der Waals surface area contributed by atoms with Crippen molar-refractivity contribution in [3.8, 4) is 0 Å². The molecule has 3 aromatic rings. The molecule has 0 bridgehead atoms. The maximum absolute atomic E-state index is 4.33. The van der Waals surface area contributed by atoms with Gasteiger partial charge in [-0.1, -0.05) is 12.1 Å². The van der Waals surface area contributed by atoms with E-state index in [2.05, 4.69) is 15.0 Å². The molecule has 2 aromatic heterocycles. The highest BCUT2D eigenvalue weighted by molar-refractivity contribution is 5.78. The molecule has 13 heavy (non-hydrogen) atoms. The summed E-state index contributed by atoms with van der Waals surface area (Å²) in [7, 11) is 0. The number of imidazole rings is 1. The molecule has 0 atom stereocenters. The lowest BCUT2D eigenvalue weighted by molar-refractivity contribution is 1.03. The Kier molecular flexibility index (Phi) is 1.14. The summed E-state index contributed by atoms with van der Waals surface area (Å²) in [5.41, 5.74) is 1.99. The van der Waals surface area contributed by atoms with Gasteiger partial charge in [-0.15, -0.1) is 0 Å². The quantitative estimate of drug-likeness (QED) is 0.510. The summed E-state index contributed by atoms with van der Waals surface area (Å²) in [6, 6.07) is 7.90. The number of fused-ring (bicyclic) bond motifs is 3. The van der Waals surface area contributed by atoms with Gasteiger partial charge in [0.2, 0.25) is 5.78 Å². The van der Waals surface area contributed by atoms with E-state index in [1.165, 1.54) is 6.33 Å². The molecule has 0 fully saturated rings. The number of hydrogen-bond donors (Lipinski definition) is 0. The van der Waals surface area contributed by atoms with E-state index in [-0.39, 0.29) is 0 Å². The Morgan fingerprint density at radius 2 is 2.08 bits per heavy atom. The minimum atomic E-state index is 0.691. The molecule has 3 rings (SSSR count). The van der Waals surface area contributed by atoms with E-state index >= 15 is 0 Å². The minimum absolute atomic E-state index is 0.691. The second-order valence-electron chi connectivity index (χ2n) is 2.78. The van der Waals surface area contributed by atoms with Crippen molar-refractivity contribution in [1.82, 2.24) is 19.4 Å². The predicted octanol–water partition coefficient (Wildman–Crippen LogP) is 1.28. The normalized spacial score (nSPS) is 11.1. The van der Waals surface area contributed by atoms with E-state index in [0.717, 1.165) is 11.0 Å². The molecule has 62 valence electrons. The lowest BCUT2D eigenvalue weighted by Crippen LogP contribution is -1.88. The third-order valence-corrected chi connectivity index (χ3v) is 2.00. The lowest BCUT2D eigenvalue weighted by atomic mass is 10.3. The fourth-order valence-electron chi connectivity index (χ4n) is 1.42. The zero-order valence-electron chi connectivity index (χ0n) is 6.75. The van der Waals surface area contributed by atoms with Gasteiger partial charge in [0.05, 0.1) is 11.0 Å². The second kappa shape index (κ2) is 2.26. The standard InChI is InChI=1S/C9H6N4/c1-2-4-8-7(3-1)12-9-11-5-10-6-13(8)9/h1-6H. The third-order valence-electron chi connectivity index (χ3n) is 2.00. The SMILES string of the molecule is c1ccc2c(c1)nc1ncncn12. The number of para-hydroxylation sites is 2. The average Bonchev–Trinajstić information content (AvgIpc) is 2.56. The molecule has 0 amide bonds. The monoisotopic (exact) mass is 170 g/mol. The van der Waals surface area contributed by atoms with Crippen LogP contribution in [0.25, 0.3) is 16.8 Å². The van der Waals surface area contributed by atoms with Crippen LogP contribution in [0.1, 0.15) is 0 Å². The molecule has 0 saturated carbocycles. The lowest BCUT2D eigenvalue weighted by Gasteiger charge is -1.90. The molecule has 0 aliphatic rings. The van der Waals surface area contributed by atoms with Crippen LogP contribution in [0.5, 0.6) is 0 Å². The highest BCUT2D eigenvalue weighted by Gasteiger charge is 2.01. The van der Waals surface area contributed by atoms with Crippen molar-refractivity contribution in [2.45, 2.75) is 0 Å². The predicted molar refractivity (Wildman–Crippen MR) is 48.3 cm³/mol. The number of rotatable bonds is 0. The topological polar surface area (TPSA) is 43.1 Å². The minimum Gasteiger partial charge on any atom is -0.267 e. The highest BCUT2D eigenvalue weighted by atomic mass is 15.1.